The highest BCUT2D eigenvalue weighted by Gasteiger charge is 2.25. The molecule has 1 aliphatic heterocycles. The Kier molecular flexibility index (Phi) is 5.06. The minimum Gasteiger partial charge on any atom is -0.462 e. The Hall–Kier alpha value is -1.66. The van der Waals surface area contributed by atoms with Gasteiger partial charge in [-0.05, 0) is 33.6 Å². The first-order chi connectivity index (χ1) is 11.5. The van der Waals surface area contributed by atoms with Gasteiger partial charge in [-0.3, -0.25) is 0 Å². The van der Waals surface area contributed by atoms with E-state index in [9.17, 15) is 4.79 Å². The minimum atomic E-state index is -0.449. The first-order valence-electron chi connectivity index (χ1n) is 8.45. The van der Waals surface area contributed by atoms with Crippen molar-refractivity contribution in [2.24, 2.45) is 0 Å². The topological polar surface area (TPSA) is 60.2 Å². The van der Waals surface area contributed by atoms with Crippen LogP contribution in [0.25, 0.3) is 11.0 Å². The standard InChI is InChI=1S/C17H23ClN4O2/c1-4-24-17(23)14-9-19-16-13(15(14)18)10-20-22(16)12-5-7-21(8-6-12)11(2)3/h9-12H,4-8H2,1-3H3. The van der Waals surface area contributed by atoms with Crippen molar-refractivity contribution in [1.29, 1.82) is 0 Å². The number of piperidine rings is 1. The van der Waals surface area contributed by atoms with Crippen LogP contribution in [0.1, 0.15) is 50.0 Å². The summed E-state index contributed by atoms with van der Waals surface area (Å²) in [7, 11) is 0. The molecule has 0 atom stereocenters. The molecule has 6 nitrogen and oxygen atoms in total. The van der Waals surface area contributed by atoms with Gasteiger partial charge in [0.25, 0.3) is 0 Å². The van der Waals surface area contributed by atoms with Crippen molar-refractivity contribution in [2.45, 2.75) is 45.7 Å². The summed E-state index contributed by atoms with van der Waals surface area (Å²) in [5.74, 6) is -0.449. The number of carbonyl (C=O) groups is 1. The molecule has 0 unspecified atom stereocenters. The van der Waals surface area contributed by atoms with E-state index in [2.05, 4.69) is 28.8 Å². The number of aromatic nitrogens is 3. The SMILES string of the molecule is CCOC(=O)c1cnc2c(cnn2C2CCN(C(C)C)CC2)c1Cl. The molecule has 3 heterocycles. The molecule has 0 spiro atoms. The molecule has 7 heteroatoms. The Morgan fingerprint density at radius 3 is 2.71 bits per heavy atom. The Morgan fingerprint density at radius 1 is 1.38 bits per heavy atom. The number of ether oxygens (including phenoxy) is 1. The maximum atomic E-state index is 11.9. The number of hydrogen-bond donors (Lipinski definition) is 0. The molecule has 0 bridgehead atoms. The Balaban J connectivity index is 1.87. The fourth-order valence-corrected chi connectivity index (χ4v) is 3.49. The van der Waals surface area contributed by atoms with Crippen molar-refractivity contribution in [3.05, 3.63) is 23.0 Å². The monoisotopic (exact) mass is 350 g/mol. The number of fused-ring (bicyclic) bond motifs is 1. The van der Waals surface area contributed by atoms with E-state index >= 15 is 0 Å². The van der Waals surface area contributed by atoms with Crippen LogP contribution in [0.4, 0.5) is 0 Å². The number of carbonyl (C=O) groups excluding carboxylic acids is 1. The summed E-state index contributed by atoms with van der Waals surface area (Å²) in [5, 5.41) is 5.56. The third-order valence-electron chi connectivity index (χ3n) is 4.63. The van der Waals surface area contributed by atoms with Crippen molar-refractivity contribution in [3.8, 4) is 0 Å². The molecule has 0 saturated carbocycles. The molecule has 1 saturated heterocycles. The molecule has 0 radical (unpaired) electrons. The molecule has 2 aromatic rings. The molecular formula is C17H23ClN4O2. The third kappa shape index (κ3) is 3.13. The summed E-state index contributed by atoms with van der Waals surface area (Å²) in [6.07, 6.45) is 5.26. The third-order valence-corrected chi connectivity index (χ3v) is 5.04. The average molecular weight is 351 g/mol. The zero-order chi connectivity index (χ0) is 17.3. The van der Waals surface area contributed by atoms with E-state index in [1.807, 2.05) is 4.68 Å². The molecule has 0 aliphatic carbocycles. The summed E-state index contributed by atoms with van der Waals surface area (Å²) in [4.78, 5) is 18.8. The second-order valence-electron chi connectivity index (χ2n) is 6.39. The molecule has 0 aromatic carbocycles. The van der Waals surface area contributed by atoms with Gasteiger partial charge in [0.15, 0.2) is 5.65 Å². The van der Waals surface area contributed by atoms with Gasteiger partial charge in [0.05, 0.1) is 34.8 Å². The molecule has 0 N–H and O–H groups in total. The number of pyridine rings is 1. The van der Waals surface area contributed by atoms with Gasteiger partial charge >= 0.3 is 5.97 Å². The van der Waals surface area contributed by atoms with Gasteiger partial charge < -0.3 is 9.64 Å². The van der Waals surface area contributed by atoms with Crippen LogP contribution >= 0.6 is 11.6 Å². The second kappa shape index (κ2) is 7.07. The van der Waals surface area contributed by atoms with E-state index in [-0.39, 0.29) is 0 Å². The molecule has 24 heavy (non-hydrogen) atoms. The van der Waals surface area contributed by atoms with Crippen LogP contribution in [-0.2, 0) is 4.74 Å². The predicted octanol–water partition coefficient (Wildman–Crippen LogP) is 3.31. The van der Waals surface area contributed by atoms with E-state index in [4.69, 9.17) is 16.3 Å². The summed E-state index contributed by atoms with van der Waals surface area (Å²) in [6, 6.07) is 0.884. The van der Waals surface area contributed by atoms with E-state index in [1.165, 1.54) is 6.20 Å². The Morgan fingerprint density at radius 2 is 2.08 bits per heavy atom. The van der Waals surface area contributed by atoms with Crippen molar-refractivity contribution >= 4 is 28.6 Å². The van der Waals surface area contributed by atoms with Crippen LogP contribution in [0, 0.1) is 0 Å². The maximum absolute atomic E-state index is 11.9. The molecule has 2 aromatic heterocycles. The molecule has 0 amide bonds. The van der Waals surface area contributed by atoms with E-state index < -0.39 is 5.97 Å². The summed E-state index contributed by atoms with van der Waals surface area (Å²) < 4.78 is 6.97. The maximum Gasteiger partial charge on any atom is 0.341 e. The van der Waals surface area contributed by atoms with Crippen LogP contribution in [-0.4, -0.2) is 51.4 Å². The lowest BCUT2D eigenvalue weighted by molar-refractivity contribution is 0.0526. The van der Waals surface area contributed by atoms with Crippen molar-refractivity contribution in [1.82, 2.24) is 19.7 Å². The van der Waals surface area contributed by atoms with Gasteiger partial charge in [-0.1, -0.05) is 11.6 Å². The minimum absolute atomic E-state index is 0.292. The van der Waals surface area contributed by atoms with Gasteiger partial charge in [-0.2, -0.15) is 5.10 Å². The van der Waals surface area contributed by atoms with Gasteiger partial charge in [0, 0.05) is 25.3 Å². The Labute approximate surface area is 146 Å². The average Bonchev–Trinajstić information content (AvgIpc) is 3.00. The summed E-state index contributed by atoms with van der Waals surface area (Å²) in [5.41, 5.74) is 1.02. The first-order valence-corrected chi connectivity index (χ1v) is 8.83. The number of halogens is 1. The van der Waals surface area contributed by atoms with Gasteiger partial charge in [0.1, 0.15) is 0 Å². The van der Waals surface area contributed by atoms with Crippen LogP contribution in [0.2, 0.25) is 5.02 Å². The van der Waals surface area contributed by atoms with E-state index in [1.54, 1.807) is 13.1 Å². The summed E-state index contributed by atoms with van der Waals surface area (Å²) in [6.45, 7) is 8.63. The zero-order valence-corrected chi connectivity index (χ0v) is 15.1. The number of esters is 1. The number of hydrogen-bond acceptors (Lipinski definition) is 5. The highest BCUT2D eigenvalue weighted by Crippen LogP contribution is 2.30. The van der Waals surface area contributed by atoms with Crippen molar-refractivity contribution in [2.75, 3.05) is 19.7 Å². The van der Waals surface area contributed by atoms with Gasteiger partial charge in [-0.25, -0.2) is 14.5 Å². The molecule has 1 aliphatic rings. The molecule has 1 fully saturated rings. The fourth-order valence-electron chi connectivity index (χ4n) is 3.23. The van der Waals surface area contributed by atoms with Gasteiger partial charge in [0.2, 0.25) is 0 Å². The lowest BCUT2D eigenvalue weighted by atomic mass is 10.0. The predicted molar refractivity (Wildman–Crippen MR) is 93.5 cm³/mol. The van der Waals surface area contributed by atoms with Crippen LogP contribution in [0.5, 0.6) is 0 Å². The first kappa shape index (κ1) is 17.2. The van der Waals surface area contributed by atoms with Crippen LogP contribution < -0.4 is 0 Å². The number of rotatable bonds is 4. The fraction of sp³-hybridized carbons (Fsp3) is 0.588. The van der Waals surface area contributed by atoms with Crippen LogP contribution in [0.3, 0.4) is 0 Å². The normalized spacial score (nSPS) is 16.9. The van der Waals surface area contributed by atoms with Crippen molar-refractivity contribution in [3.63, 3.8) is 0 Å². The summed E-state index contributed by atoms with van der Waals surface area (Å²) >= 11 is 6.39. The molecular weight excluding hydrogens is 328 g/mol. The lowest BCUT2D eigenvalue weighted by Crippen LogP contribution is -2.39. The molecule has 3 rings (SSSR count). The Bertz CT molecular complexity index is 736. The highest BCUT2D eigenvalue weighted by molar-refractivity contribution is 6.38. The highest BCUT2D eigenvalue weighted by atomic mass is 35.5. The number of likely N-dealkylation sites (tertiary alicyclic amines) is 1. The number of nitrogens with zero attached hydrogens (tertiary/aromatic N) is 4. The smallest absolute Gasteiger partial charge is 0.341 e. The van der Waals surface area contributed by atoms with E-state index in [0.29, 0.717) is 34.7 Å². The lowest BCUT2D eigenvalue weighted by Gasteiger charge is -2.34. The zero-order valence-electron chi connectivity index (χ0n) is 14.3. The molecule has 130 valence electrons. The van der Waals surface area contributed by atoms with Crippen LogP contribution in [0.15, 0.2) is 12.4 Å². The largest absolute Gasteiger partial charge is 0.462 e. The van der Waals surface area contributed by atoms with Gasteiger partial charge in [-0.15, -0.1) is 0 Å². The quantitative estimate of drug-likeness (QED) is 0.792. The second-order valence-corrected chi connectivity index (χ2v) is 6.77. The van der Waals surface area contributed by atoms with E-state index in [0.717, 1.165) is 31.6 Å². The van der Waals surface area contributed by atoms with Crippen molar-refractivity contribution < 1.29 is 9.53 Å².